The summed E-state index contributed by atoms with van der Waals surface area (Å²) < 4.78 is 67.3. The number of amides is 1. The lowest BCUT2D eigenvalue weighted by Crippen LogP contribution is -2.42. The normalized spacial score (nSPS) is 15.7. The zero-order chi connectivity index (χ0) is 25.6. The third-order valence-electron chi connectivity index (χ3n) is 6.01. The Morgan fingerprint density at radius 1 is 1.14 bits per heavy atom. The van der Waals surface area contributed by atoms with Crippen LogP contribution in [0.15, 0.2) is 53.4 Å². The number of benzene rings is 2. The fraction of sp³-hybridized carbons (Fsp3) is 0.458. The first kappa shape index (κ1) is 27.3. The zero-order valence-electron chi connectivity index (χ0n) is 19.4. The van der Waals surface area contributed by atoms with E-state index in [2.05, 4.69) is 17.1 Å². The molecule has 1 fully saturated rings. The van der Waals surface area contributed by atoms with Gasteiger partial charge in [0.1, 0.15) is 6.54 Å². The van der Waals surface area contributed by atoms with Crippen LogP contribution in [0.2, 0.25) is 5.02 Å². The van der Waals surface area contributed by atoms with E-state index in [-0.39, 0.29) is 9.92 Å². The van der Waals surface area contributed by atoms with Crippen molar-refractivity contribution in [2.75, 3.05) is 37.0 Å². The number of nitrogens with zero attached hydrogens (tertiary/aromatic N) is 2. The number of nitrogens with one attached hydrogen (secondary N) is 1. The molecule has 1 saturated heterocycles. The van der Waals surface area contributed by atoms with E-state index in [1.165, 1.54) is 24.3 Å². The quantitative estimate of drug-likeness (QED) is 0.472. The molecule has 1 heterocycles. The second kappa shape index (κ2) is 11.6. The molecule has 0 saturated carbocycles. The fourth-order valence-electron chi connectivity index (χ4n) is 3.90. The molecule has 1 N–H and O–H groups in total. The van der Waals surface area contributed by atoms with Gasteiger partial charge < -0.3 is 10.2 Å². The highest BCUT2D eigenvalue weighted by Crippen LogP contribution is 2.37. The van der Waals surface area contributed by atoms with E-state index in [9.17, 15) is 26.4 Å². The van der Waals surface area contributed by atoms with Crippen LogP contribution in [0.3, 0.4) is 0 Å². The number of carbonyl (C=O) groups is 1. The van der Waals surface area contributed by atoms with Gasteiger partial charge in [0, 0.05) is 6.54 Å². The van der Waals surface area contributed by atoms with Gasteiger partial charge >= 0.3 is 6.18 Å². The van der Waals surface area contributed by atoms with E-state index in [0.29, 0.717) is 29.3 Å². The fourth-order valence-corrected chi connectivity index (χ4v) is 5.62. The number of anilines is 1. The second-order valence-corrected chi connectivity index (χ2v) is 11.0. The summed E-state index contributed by atoms with van der Waals surface area (Å²) in [5.41, 5.74) is -1.48. The maximum atomic E-state index is 13.3. The van der Waals surface area contributed by atoms with E-state index in [1.54, 1.807) is 6.07 Å². The maximum Gasteiger partial charge on any atom is 0.416 e. The Labute approximate surface area is 209 Å². The van der Waals surface area contributed by atoms with Gasteiger partial charge in [-0.3, -0.25) is 9.10 Å². The predicted octanol–water partition coefficient (Wildman–Crippen LogP) is 4.79. The molecular weight excluding hydrogens is 503 g/mol. The minimum atomic E-state index is -4.71. The molecule has 0 aliphatic carbocycles. The SMILES string of the molecule is CC1CCN(CCCNC(=O)CN(c2cc(C(F)(F)F)ccc2Cl)S(=O)(=O)c2ccccc2)CC1. The predicted molar refractivity (Wildman–Crippen MR) is 130 cm³/mol. The van der Waals surface area contributed by atoms with Crippen molar-refractivity contribution in [3.05, 3.63) is 59.1 Å². The number of rotatable bonds is 9. The summed E-state index contributed by atoms with van der Waals surface area (Å²) in [6.07, 6.45) is -1.77. The highest BCUT2D eigenvalue weighted by molar-refractivity contribution is 7.92. The lowest BCUT2D eigenvalue weighted by Gasteiger charge is -2.30. The molecule has 1 amide bonds. The Balaban J connectivity index is 1.76. The molecule has 2 aromatic carbocycles. The molecule has 0 atom stereocenters. The number of sulfonamides is 1. The molecule has 0 unspecified atom stereocenters. The number of hydrogen-bond acceptors (Lipinski definition) is 4. The highest BCUT2D eigenvalue weighted by Gasteiger charge is 2.34. The Hall–Kier alpha value is -2.30. The third-order valence-corrected chi connectivity index (χ3v) is 8.10. The van der Waals surface area contributed by atoms with Crippen molar-refractivity contribution in [2.24, 2.45) is 5.92 Å². The Bertz CT molecular complexity index is 1110. The molecule has 1 aliphatic heterocycles. The molecule has 35 heavy (non-hydrogen) atoms. The standard InChI is InChI=1S/C24H29ClF3N3O3S/c1-18-10-14-30(15-11-18)13-5-12-29-23(32)17-31(35(33,34)20-6-3-2-4-7-20)22-16-19(24(26,27)28)8-9-21(22)25/h2-4,6-9,16,18H,5,10-15,17H2,1H3,(H,29,32). The molecule has 11 heteroatoms. The van der Waals surface area contributed by atoms with Gasteiger partial charge in [0.05, 0.1) is 21.2 Å². The first-order valence-electron chi connectivity index (χ1n) is 11.4. The second-order valence-electron chi connectivity index (χ2n) is 8.72. The number of halogens is 4. The average molecular weight is 532 g/mol. The number of likely N-dealkylation sites (tertiary alicyclic amines) is 1. The molecule has 0 radical (unpaired) electrons. The molecule has 2 aromatic rings. The van der Waals surface area contributed by atoms with Crippen LogP contribution in [0.4, 0.5) is 18.9 Å². The summed E-state index contributed by atoms with van der Waals surface area (Å²) in [6, 6.07) is 9.58. The van der Waals surface area contributed by atoms with Gasteiger partial charge in [-0.15, -0.1) is 0 Å². The molecule has 1 aliphatic rings. The van der Waals surface area contributed by atoms with Gasteiger partial charge in [0.25, 0.3) is 10.0 Å². The molecule has 3 rings (SSSR count). The minimum absolute atomic E-state index is 0.166. The van der Waals surface area contributed by atoms with Crippen LogP contribution in [-0.2, 0) is 21.0 Å². The number of carbonyl (C=O) groups excluding carboxylic acids is 1. The number of hydrogen-bond donors (Lipinski definition) is 1. The lowest BCUT2D eigenvalue weighted by atomic mass is 9.99. The average Bonchev–Trinajstić information content (AvgIpc) is 2.82. The smallest absolute Gasteiger partial charge is 0.354 e. The Morgan fingerprint density at radius 2 is 1.80 bits per heavy atom. The van der Waals surface area contributed by atoms with Gasteiger partial charge in [-0.05, 0) is 75.1 Å². The van der Waals surface area contributed by atoms with Crippen molar-refractivity contribution in [2.45, 2.75) is 37.3 Å². The van der Waals surface area contributed by atoms with Crippen LogP contribution in [0.5, 0.6) is 0 Å². The van der Waals surface area contributed by atoms with Crippen LogP contribution in [0.25, 0.3) is 0 Å². The lowest BCUT2D eigenvalue weighted by molar-refractivity contribution is -0.137. The van der Waals surface area contributed by atoms with Gasteiger partial charge in [-0.25, -0.2) is 8.42 Å². The Morgan fingerprint density at radius 3 is 2.43 bits per heavy atom. The van der Waals surface area contributed by atoms with E-state index < -0.39 is 39.9 Å². The number of piperidine rings is 1. The van der Waals surface area contributed by atoms with Crippen LogP contribution < -0.4 is 9.62 Å². The van der Waals surface area contributed by atoms with Crippen molar-refractivity contribution in [1.29, 1.82) is 0 Å². The van der Waals surface area contributed by atoms with E-state index in [0.717, 1.165) is 44.6 Å². The van der Waals surface area contributed by atoms with E-state index >= 15 is 0 Å². The summed E-state index contributed by atoms with van der Waals surface area (Å²) in [4.78, 5) is 14.8. The molecular formula is C24H29ClF3N3O3S. The van der Waals surface area contributed by atoms with E-state index in [1.807, 2.05) is 0 Å². The molecule has 0 spiro atoms. The van der Waals surface area contributed by atoms with Gasteiger partial charge in [0.2, 0.25) is 5.91 Å². The molecule has 192 valence electrons. The summed E-state index contributed by atoms with van der Waals surface area (Å²) in [7, 11) is -4.37. The maximum absolute atomic E-state index is 13.3. The van der Waals surface area contributed by atoms with Gasteiger partial charge in [-0.1, -0.05) is 36.7 Å². The van der Waals surface area contributed by atoms with Crippen molar-refractivity contribution in [1.82, 2.24) is 10.2 Å². The van der Waals surface area contributed by atoms with Crippen LogP contribution in [-0.4, -0.2) is 51.9 Å². The summed E-state index contributed by atoms with van der Waals surface area (Å²) >= 11 is 6.13. The molecule has 0 bridgehead atoms. The first-order chi connectivity index (χ1) is 16.5. The van der Waals surface area contributed by atoms with Gasteiger partial charge in [-0.2, -0.15) is 13.2 Å². The number of alkyl halides is 3. The summed E-state index contributed by atoms with van der Waals surface area (Å²) in [5.74, 6) is 0.0800. The van der Waals surface area contributed by atoms with Crippen molar-refractivity contribution >= 4 is 33.2 Å². The van der Waals surface area contributed by atoms with Gasteiger partial charge in [0.15, 0.2) is 0 Å². The van der Waals surface area contributed by atoms with Crippen molar-refractivity contribution < 1.29 is 26.4 Å². The largest absolute Gasteiger partial charge is 0.416 e. The van der Waals surface area contributed by atoms with Crippen molar-refractivity contribution in [3.63, 3.8) is 0 Å². The molecule has 6 nitrogen and oxygen atoms in total. The first-order valence-corrected chi connectivity index (χ1v) is 13.2. The van der Waals surface area contributed by atoms with Crippen LogP contribution in [0.1, 0.15) is 31.7 Å². The topological polar surface area (TPSA) is 69.7 Å². The Kier molecular flexibility index (Phi) is 9.06. The monoisotopic (exact) mass is 531 g/mol. The summed E-state index contributed by atoms with van der Waals surface area (Å²) in [6.45, 7) is 4.65. The molecule has 0 aromatic heterocycles. The van der Waals surface area contributed by atoms with Crippen LogP contribution >= 0.6 is 11.6 Å². The van der Waals surface area contributed by atoms with E-state index in [4.69, 9.17) is 11.6 Å². The summed E-state index contributed by atoms with van der Waals surface area (Å²) in [5, 5.41) is 2.46. The van der Waals surface area contributed by atoms with Crippen LogP contribution in [0, 0.1) is 5.92 Å². The van der Waals surface area contributed by atoms with Crippen molar-refractivity contribution in [3.8, 4) is 0 Å². The third kappa shape index (κ3) is 7.35. The minimum Gasteiger partial charge on any atom is -0.354 e. The zero-order valence-corrected chi connectivity index (χ0v) is 21.0. The highest BCUT2D eigenvalue weighted by atomic mass is 35.5.